The van der Waals surface area contributed by atoms with Crippen LogP contribution in [0.4, 0.5) is 0 Å². The second-order valence-electron chi connectivity index (χ2n) is 5.33. The normalized spacial score (nSPS) is 27.3. The number of hydrogen-bond donors (Lipinski definition) is 1. The number of carboxylic acid groups (broad SMARTS) is 1. The molecule has 2 heterocycles. The summed E-state index contributed by atoms with van der Waals surface area (Å²) in [6.07, 6.45) is 5.26. The molecule has 19 heavy (non-hydrogen) atoms. The predicted molar refractivity (Wildman–Crippen MR) is 70.9 cm³/mol. The Labute approximate surface area is 114 Å². The molecule has 0 aromatic rings. The Morgan fingerprint density at radius 2 is 1.68 bits per heavy atom. The van der Waals surface area contributed by atoms with Gasteiger partial charge in [-0.05, 0) is 25.7 Å². The van der Waals surface area contributed by atoms with Crippen LogP contribution in [0.5, 0.6) is 0 Å². The summed E-state index contributed by atoms with van der Waals surface area (Å²) in [6, 6.07) is -0.370. The molecule has 0 aromatic heterocycles. The third-order valence-corrected chi connectivity index (χ3v) is 6.01. The molecule has 0 spiro atoms. The van der Waals surface area contributed by atoms with Gasteiger partial charge in [-0.3, -0.25) is 4.79 Å². The zero-order valence-corrected chi connectivity index (χ0v) is 11.9. The molecule has 2 saturated heterocycles. The standard InChI is InChI=1S/C12H22N2O4S/c15-12(16)10-11-6-5-9-14(11)19(17,18)13-7-3-1-2-4-8-13/h11H,1-10H2,(H,15,16). The summed E-state index contributed by atoms with van der Waals surface area (Å²) in [4.78, 5) is 10.8. The molecule has 0 bridgehead atoms. The summed E-state index contributed by atoms with van der Waals surface area (Å²) in [5.74, 6) is -0.928. The van der Waals surface area contributed by atoms with Crippen molar-refractivity contribution in [3.05, 3.63) is 0 Å². The van der Waals surface area contributed by atoms with Crippen molar-refractivity contribution in [3.8, 4) is 0 Å². The highest BCUT2D eigenvalue weighted by molar-refractivity contribution is 7.86. The fourth-order valence-electron chi connectivity index (χ4n) is 2.94. The van der Waals surface area contributed by atoms with Gasteiger partial charge in [-0.15, -0.1) is 0 Å². The zero-order valence-electron chi connectivity index (χ0n) is 11.1. The smallest absolute Gasteiger partial charge is 0.304 e. The third-order valence-electron chi connectivity index (χ3n) is 3.92. The van der Waals surface area contributed by atoms with Crippen LogP contribution in [0, 0.1) is 0 Å². The van der Waals surface area contributed by atoms with E-state index in [2.05, 4.69) is 0 Å². The van der Waals surface area contributed by atoms with Gasteiger partial charge in [-0.25, -0.2) is 0 Å². The highest BCUT2D eigenvalue weighted by Gasteiger charge is 2.38. The lowest BCUT2D eigenvalue weighted by Crippen LogP contribution is -2.46. The molecule has 7 heteroatoms. The van der Waals surface area contributed by atoms with E-state index in [0.29, 0.717) is 26.1 Å². The van der Waals surface area contributed by atoms with Gasteiger partial charge in [0.1, 0.15) is 0 Å². The molecule has 0 amide bonds. The van der Waals surface area contributed by atoms with Crippen molar-refractivity contribution >= 4 is 16.2 Å². The number of aliphatic carboxylic acids is 1. The quantitative estimate of drug-likeness (QED) is 0.839. The summed E-state index contributed by atoms with van der Waals surface area (Å²) in [5.41, 5.74) is 0. The summed E-state index contributed by atoms with van der Waals surface area (Å²) in [7, 11) is -3.48. The van der Waals surface area contributed by atoms with E-state index in [1.54, 1.807) is 4.31 Å². The monoisotopic (exact) mass is 290 g/mol. The van der Waals surface area contributed by atoms with Gasteiger partial charge in [0, 0.05) is 25.7 Å². The van der Waals surface area contributed by atoms with Gasteiger partial charge in [0.25, 0.3) is 10.2 Å². The SMILES string of the molecule is O=C(O)CC1CCCN1S(=O)(=O)N1CCCCCC1. The first-order valence-electron chi connectivity index (χ1n) is 7.00. The Kier molecular flexibility index (Phi) is 4.81. The molecule has 1 unspecified atom stereocenters. The number of hydrogen-bond acceptors (Lipinski definition) is 3. The average molecular weight is 290 g/mol. The Balaban J connectivity index is 2.10. The van der Waals surface area contributed by atoms with Crippen molar-refractivity contribution in [2.75, 3.05) is 19.6 Å². The van der Waals surface area contributed by atoms with E-state index in [4.69, 9.17) is 5.11 Å². The van der Waals surface area contributed by atoms with E-state index < -0.39 is 16.2 Å². The van der Waals surface area contributed by atoms with Gasteiger partial charge < -0.3 is 5.11 Å². The van der Waals surface area contributed by atoms with Crippen molar-refractivity contribution in [2.24, 2.45) is 0 Å². The fourth-order valence-corrected chi connectivity index (χ4v) is 4.87. The lowest BCUT2D eigenvalue weighted by molar-refractivity contribution is -0.137. The van der Waals surface area contributed by atoms with Gasteiger partial charge in [0.2, 0.25) is 0 Å². The summed E-state index contributed by atoms with van der Waals surface area (Å²) >= 11 is 0. The minimum Gasteiger partial charge on any atom is -0.481 e. The van der Waals surface area contributed by atoms with E-state index >= 15 is 0 Å². The van der Waals surface area contributed by atoms with Gasteiger partial charge in [-0.1, -0.05) is 12.8 Å². The third kappa shape index (κ3) is 3.46. The van der Waals surface area contributed by atoms with Gasteiger partial charge in [0.15, 0.2) is 0 Å². The van der Waals surface area contributed by atoms with Crippen molar-refractivity contribution in [1.82, 2.24) is 8.61 Å². The van der Waals surface area contributed by atoms with Gasteiger partial charge >= 0.3 is 5.97 Å². The number of nitrogens with zero attached hydrogens (tertiary/aromatic N) is 2. The van der Waals surface area contributed by atoms with Crippen LogP contribution in [-0.4, -0.2) is 53.8 Å². The van der Waals surface area contributed by atoms with E-state index in [1.165, 1.54) is 4.31 Å². The summed E-state index contributed by atoms with van der Waals surface area (Å²) in [5, 5.41) is 8.88. The van der Waals surface area contributed by atoms with E-state index in [-0.39, 0.29) is 12.5 Å². The first kappa shape index (κ1) is 14.7. The van der Waals surface area contributed by atoms with E-state index in [1.807, 2.05) is 0 Å². The lowest BCUT2D eigenvalue weighted by Gasteiger charge is -2.29. The maximum atomic E-state index is 12.6. The topological polar surface area (TPSA) is 77.9 Å². The second-order valence-corrected chi connectivity index (χ2v) is 7.21. The summed E-state index contributed by atoms with van der Waals surface area (Å²) < 4.78 is 28.1. The van der Waals surface area contributed by atoms with Crippen LogP contribution in [0.2, 0.25) is 0 Å². The number of carboxylic acids is 1. The molecule has 0 radical (unpaired) electrons. The van der Waals surface area contributed by atoms with Gasteiger partial charge in [0.05, 0.1) is 6.42 Å². The molecule has 1 N–H and O–H groups in total. The van der Waals surface area contributed by atoms with Crippen LogP contribution < -0.4 is 0 Å². The predicted octanol–water partition coefficient (Wildman–Crippen LogP) is 1.05. The molecular formula is C12H22N2O4S. The highest BCUT2D eigenvalue weighted by Crippen LogP contribution is 2.26. The molecule has 0 aliphatic carbocycles. The van der Waals surface area contributed by atoms with Crippen molar-refractivity contribution in [2.45, 2.75) is 51.0 Å². The molecule has 1 atom stereocenters. The van der Waals surface area contributed by atoms with Gasteiger partial charge in [-0.2, -0.15) is 17.0 Å². The highest BCUT2D eigenvalue weighted by atomic mass is 32.2. The van der Waals surface area contributed by atoms with E-state index in [9.17, 15) is 13.2 Å². The minimum absolute atomic E-state index is 0.0902. The van der Waals surface area contributed by atoms with Crippen LogP contribution in [-0.2, 0) is 15.0 Å². The largest absolute Gasteiger partial charge is 0.481 e. The van der Waals surface area contributed by atoms with Crippen LogP contribution in [0.15, 0.2) is 0 Å². The molecule has 6 nitrogen and oxygen atoms in total. The number of carbonyl (C=O) groups is 1. The molecule has 2 aliphatic rings. The van der Waals surface area contributed by atoms with Crippen LogP contribution >= 0.6 is 0 Å². The minimum atomic E-state index is -3.48. The molecule has 0 aromatic carbocycles. The Morgan fingerprint density at radius 1 is 1.05 bits per heavy atom. The van der Waals surface area contributed by atoms with Crippen molar-refractivity contribution < 1.29 is 18.3 Å². The van der Waals surface area contributed by atoms with Crippen LogP contribution in [0.3, 0.4) is 0 Å². The Hall–Kier alpha value is -0.660. The molecular weight excluding hydrogens is 268 g/mol. The van der Waals surface area contributed by atoms with E-state index in [0.717, 1.165) is 32.1 Å². The average Bonchev–Trinajstić information content (AvgIpc) is 2.64. The fraction of sp³-hybridized carbons (Fsp3) is 0.917. The maximum Gasteiger partial charge on any atom is 0.304 e. The maximum absolute atomic E-state index is 12.6. The first-order chi connectivity index (χ1) is 9.01. The first-order valence-corrected chi connectivity index (χ1v) is 8.40. The second kappa shape index (κ2) is 6.19. The van der Waals surface area contributed by atoms with Crippen molar-refractivity contribution in [3.63, 3.8) is 0 Å². The van der Waals surface area contributed by atoms with Crippen LogP contribution in [0.1, 0.15) is 44.9 Å². The zero-order chi connectivity index (χ0) is 13.9. The van der Waals surface area contributed by atoms with Crippen molar-refractivity contribution in [1.29, 1.82) is 0 Å². The molecule has 110 valence electrons. The lowest BCUT2D eigenvalue weighted by atomic mass is 10.2. The molecule has 2 fully saturated rings. The van der Waals surface area contributed by atoms with Crippen LogP contribution in [0.25, 0.3) is 0 Å². The Bertz CT molecular complexity index is 415. The summed E-state index contributed by atoms with van der Waals surface area (Å²) in [6.45, 7) is 1.59. The Morgan fingerprint density at radius 3 is 2.26 bits per heavy atom. The number of rotatable bonds is 4. The molecule has 2 rings (SSSR count). The molecule has 0 saturated carbocycles. The molecule has 2 aliphatic heterocycles.